The van der Waals surface area contributed by atoms with Crippen LogP contribution in [0.25, 0.3) is 0 Å². The molecule has 0 radical (unpaired) electrons. The maximum Gasteiger partial charge on any atom is 0.306 e. The SMILES string of the molecule is CC/C=C/C=C/C=C/C=C/CCCCCC(=O)OCC(COC(=O)CCCCCCC/C=C/C=C/CCCCCCCCC)OC(=O)CCCCCCCC/C=C/C/C=C/C/C=C/CC. The molecule has 1 atom stereocenters. The molecule has 0 bridgehead atoms. The summed E-state index contributed by atoms with van der Waals surface area (Å²) in [6.45, 7) is 6.31. The number of rotatable bonds is 46. The average Bonchev–Trinajstić information content (AvgIpc) is 3.30. The smallest absolute Gasteiger partial charge is 0.306 e. The maximum atomic E-state index is 12.8. The van der Waals surface area contributed by atoms with Gasteiger partial charge < -0.3 is 14.2 Å². The summed E-state index contributed by atoms with van der Waals surface area (Å²) >= 11 is 0. The summed E-state index contributed by atoms with van der Waals surface area (Å²) in [5, 5.41) is 0. The Hall–Kier alpha value is -3.93. The lowest BCUT2D eigenvalue weighted by molar-refractivity contribution is -0.167. The molecule has 0 aromatic carbocycles. The summed E-state index contributed by atoms with van der Waals surface area (Å²) < 4.78 is 16.8. The average molecular weight is 901 g/mol. The molecule has 0 rings (SSSR count). The number of carbonyl (C=O) groups is 3. The molecule has 368 valence electrons. The Labute approximate surface area is 400 Å². The first-order chi connectivity index (χ1) is 32.0. The molecule has 0 N–H and O–H groups in total. The van der Waals surface area contributed by atoms with Gasteiger partial charge in [-0.15, -0.1) is 0 Å². The van der Waals surface area contributed by atoms with Crippen LogP contribution < -0.4 is 0 Å². The quantitative estimate of drug-likeness (QED) is 0.0199. The summed E-state index contributed by atoms with van der Waals surface area (Å²) in [7, 11) is 0. The zero-order valence-electron chi connectivity index (χ0n) is 42.0. The molecular formula is C59H96O6. The zero-order valence-corrected chi connectivity index (χ0v) is 42.0. The summed E-state index contributed by atoms with van der Waals surface area (Å²) in [6.07, 6.45) is 70.7. The van der Waals surface area contributed by atoms with Gasteiger partial charge in [-0.25, -0.2) is 0 Å². The van der Waals surface area contributed by atoms with Crippen molar-refractivity contribution in [2.75, 3.05) is 13.2 Å². The van der Waals surface area contributed by atoms with Crippen LogP contribution >= 0.6 is 0 Å². The predicted molar refractivity (Wildman–Crippen MR) is 279 cm³/mol. The second kappa shape index (κ2) is 52.7. The molecule has 0 fully saturated rings. The van der Waals surface area contributed by atoms with E-state index in [9.17, 15) is 14.4 Å². The molecule has 0 heterocycles. The predicted octanol–water partition coefficient (Wildman–Crippen LogP) is 17.5. The van der Waals surface area contributed by atoms with Gasteiger partial charge in [0.15, 0.2) is 6.10 Å². The van der Waals surface area contributed by atoms with Crippen molar-refractivity contribution in [2.45, 2.75) is 232 Å². The molecule has 65 heavy (non-hydrogen) atoms. The first kappa shape index (κ1) is 61.1. The van der Waals surface area contributed by atoms with Gasteiger partial charge in [0.05, 0.1) is 0 Å². The van der Waals surface area contributed by atoms with Gasteiger partial charge in [-0.1, -0.05) is 220 Å². The van der Waals surface area contributed by atoms with E-state index in [1.54, 1.807) is 0 Å². The van der Waals surface area contributed by atoms with Crippen LogP contribution in [0.4, 0.5) is 0 Å². The van der Waals surface area contributed by atoms with Gasteiger partial charge in [0.2, 0.25) is 0 Å². The van der Waals surface area contributed by atoms with Gasteiger partial charge in [-0.3, -0.25) is 14.4 Å². The van der Waals surface area contributed by atoms with E-state index >= 15 is 0 Å². The summed E-state index contributed by atoms with van der Waals surface area (Å²) in [4.78, 5) is 38.0. The van der Waals surface area contributed by atoms with E-state index < -0.39 is 6.10 Å². The minimum Gasteiger partial charge on any atom is -0.462 e. The number of hydrogen-bond donors (Lipinski definition) is 0. The van der Waals surface area contributed by atoms with Crippen molar-refractivity contribution in [3.05, 3.63) is 109 Å². The van der Waals surface area contributed by atoms with Gasteiger partial charge in [-0.05, 0) is 96.3 Å². The lowest BCUT2D eigenvalue weighted by Crippen LogP contribution is -2.30. The van der Waals surface area contributed by atoms with E-state index in [2.05, 4.69) is 93.7 Å². The molecule has 0 amide bonds. The Bertz CT molecular complexity index is 1360. The van der Waals surface area contributed by atoms with Crippen molar-refractivity contribution in [3.8, 4) is 0 Å². The minimum atomic E-state index is -0.809. The van der Waals surface area contributed by atoms with Crippen LogP contribution in [0.15, 0.2) is 109 Å². The number of ether oxygens (including phenoxy) is 3. The van der Waals surface area contributed by atoms with Crippen LogP contribution in [-0.2, 0) is 28.6 Å². The number of esters is 3. The Morgan fingerprint density at radius 3 is 1.15 bits per heavy atom. The van der Waals surface area contributed by atoms with Crippen molar-refractivity contribution >= 4 is 17.9 Å². The molecule has 0 saturated carbocycles. The summed E-state index contributed by atoms with van der Waals surface area (Å²) in [5.41, 5.74) is 0. The minimum absolute atomic E-state index is 0.106. The van der Waals surface area contributed by atoms with Crippen LogP contribution in [0.1, 0.15) is 226 Å². The number of hydrogen-bond acceptors (Lipinski definition) is 6. The van der Waals surface area contributed by atoms with E-state index in [1.165, 1.54) is 64.2 Å². The highest BCUT2D eigenvalue weighted by molar-refractivity contribution is 5.71. The van der Waals surface area contributed by atoms with E-state index in [0.717, 1.165) is 122 Å². The molecule has 6 nitrogen and oxygen atoms in total. The van der Waals surface area contributed by atoms with Crippen LogP contribution in [-0.4, -0.2) is 37.2 Å². The number of carbonyl (C=O) groups excluding carboxylic acids is 3. The third-order valence-corrected chi connectivity index (χ3v) is 10.9. The van der Waals surface area contributed by atoms with Crippen LogP contribution in [0.5, 0.6) is 0 Å². The van der Waals surface area contributed by atoms with Crippen LogP contribution in [0, 0.1) is 0 Å². The highest BCUT2D eigenvalue weighted by Gasteiger charge is 2.19. The third-order valence-electron chi connectivity index (χ3n) is 10.9. The Morgan fingerprint density at radius 1 is 0.338 bits per heavy atom. The molecular weight excluding hydrogens is 805 g/mol. The van der Waals surface area contributed by atoms with Gasteiger partial charge in [0.1, 0.15) is 13.2 Å². The van der Waals surface area contributed by atoms with Crippen molar-refractivity contribution in [2.24, 2.45) is 0 Å². The van der Waals surface area contributed by atoms with Gasteiger partial charge in [0, 0.05) is 19.3 Å². The monoisotopic (exact) mass is 901 g/mol. The van der Waals surface area contributed by atoms with E-state index in [4.69, 9.17) is 14.2 Å². The summed E-state index contributed by atoms with van der Waals surface area (Å²) in [6, 6.07) is 0. The fourth-order valence-corrected chi connectivity index (χ4v) is 6.93. The molecule has 6 heteroatoms. The second-order valence-corrected chi connectivity index (χ2v) is 17.1. The lowest BCUT2D eigenvalue weighted by Gasteiger charge is -2.18. The van der Waals surface area contributed by atoms with Gasteiger partial charge in [0.25, 0.3) is 0 Å². The molecule has 1 unspecified atom stereocenters. The van der Waals surface area contributed by atoms with E-state index in [1.807, 2.05) is 36.5 Å². The zero-order chi connectivity index (χ0) is 47.2. The molecule has 0 aliphatic heterocycles. The third kappa shape index (κ3) is 50.9. The van der Waals surface area contributed by atoms with E-state index in [0.29, 0.717) is 19.3 Å². The Morgan fingerprint density at radius 2 is 0.677 bits per heavy atom. The normalized spacial score (nSPS) is 13.0. The standard InChI is InChI=1S/C59H96O6/c1-4-7-10-13-16-19-22-25-27-29-30-32-34-37-40-43-46-49-52-58(61)64-55-56(54-63-57(60)51-48-45-42-39-36-33-24-21-18-15-12-9-6-3)65-59(62)53-50-47-44-41-38-35-31-28-26-23-20-17-14-11-8-5-2/h8-9,11-12,15,17-18,20-21,24,26-30,32-33,36,56H,4-7,10,13-14,16,19,22-23,25,31,34-35,37-55H2,1-3H3/b11-8+,12-9+,18-15+,20-17+,24-21+,28-26+,29-27+,32-30+,36-33+. The highest BCUT2D eigenvalue weighted by Crippen LogP contribution is 2.13. The van der Waals surface area contributed by atoms with Crippen LogP contribution in [0.2, 0.25) is 0 Å². The number of allylic oxidation sites excluding steroid dienone is 18. The molecule has 0 aromatic rings. The van der Waals surface area contributed by atoms with Crippen molar-refractivity contribution in [3.63, 3.8) is 0 Å². The maximum absolute atomic E-state index is 12.8. The van der Waals surface area contributed by atoms with Crippen LogP contribution in [0.3, 0.4) is 0 Å². The van der Waals surface area contributed by atoms with Crippen molar-refractivity contribution < 1.29 is 28.6 Å². The molecule has 0 aliphatic carbocycles. The highest BCUT2D eigenvalue weighted by atomic mass is 16.6. The lowest BCUT2D eigenvalue weighted by atomic mass is 10.1. The molecule has 0 saturated heterocycles. The van der Waals surface area contributed by atoms with Crippen molar-refractivity contribution in [1.29, 1.82) is 0 Å². The van der Waals surface area contributed by atoms with Gasteiger partial charge >= 0.3 is 17.9 Å². The molecule has 0 aliphatic rings. The fraction of sp³-hybridized carbons (Fsp3) is 0.644. The Balaban J connectivity index is 4.49. The molecule has 0 spiro atoms. The Kier molecular flexibility index (Phi) is 49.5. The van der Waals surface area contributed by atoms with E-state index in [-0.39, 0.29) is 31.1 Å². The number of unbranched alkanes of at least 4 members (excludes halogenated alkanes) is 21. The van der Waals surface area contributed by atoms with Crippen molar-refractivity contribution in [1.82, 2.24) is 0 Å². The first-order valence-corrected chi connectivity index (χ1v) is 26.5. The topological polar surface area (TPSA) is 78.9 Å². The summed E-state index contributed by atoms with van der Waals surface area (Å²) in [5.74, 6) is -0.978. The molecule has 0 aromatic heterocycles. The first-order valence-electron chi connectivity index (χ1n) is 26.5. The second-order valence-electron chi connectivity index (χ2n) is 17.1. The van der Waals surface area contributed by atoms with Gasteiger partial charge in [-0.2, -0.15) is 0 Å². The largest absolute Gasteiger partial charge is 0.462 e. The fourth-order valence-electron chi connectivity index (χ4n) is 6.93.